The number of rotatable bonds is 4. The molecule has 0 atom stereocenters. The standard InChI is InChI=1S/C10H8Cl2O2S2/c1-2-16(13,14)6-5-15-8-3-4-9(11)10(12)7-8/h2-7H,1H2. The smallest absolute Gasteiger partial charge is 0.192 e. The number of sulfone groups is 1. The fourth-order valence-corrected chi connectivity index (χ4v) is 2.59. The van der Waals surface area contributed by atoms with Gasteiger partial charge in [-0.1, -0.05) is 41.5 Å². The van der Waals surface area contributed by atoms with E-state index in [1.54, 1.807) is 18.2 Å². The maximum absolute atomic E-state index is 11.0. The Bertz CT molecular complexity index is 522. The van der Waals surface area contributed by atoms with Crippen LogP contribution in [0.15, 0.2) is 45.9 Å². The van der Waals surface area contributed by atoms with Crippen molar-refractivity contribution in [2.24, 2.45) is 0 Å². The van der Waals surface area contributed by atoms with Gasteiger partial charge in [-0.15, -0.1) is 0 Å². The van der Waals surface area contributed by atoms with Crippen LogP contribution < -0.4 is 0 Å². The maximum atomic E-state index is 11.0. The number of thioether (sulfide) groups is 1. The molecule has 0 aliphatic carbocycles. The van der Waals surface area contributed by atoms with Crippen molar-refractivity contribution in [1.29, 1.82) is 0 Å². The van der Waals surface area contributed by atoms with E-state index in [9.17, 15) is 8.42 Å². The Morgan fingerprint density at radius 1 is 1.25 bits per heavy atom. The zero-order valence-corrected chi connectivity index (χ0v) is 11.2. The van der Waals surface area contributed by atoms with Crippen LogP contribution in [0.3, 0.4) is 0 Å². The number of halogens is 2. The fraction of sp³-hybridized carbons (Fsp3) is 0. The molecule has 86 valence electrons. The van der Waals surface area contributed by atoms with Gasteiger partial charge in [-0.2, -0.15) is 0 Å². The van der Waals surface area contributed by atoms with Gasteiger partial charge in [0.15, 0.2) is 9.84 Å². The van der Waals surface area contributed by atoms with Crippen LogP contribution in [-0.2, 0) is 9.84 Å². The number of hydrogen-bond donors (Lipinski definition) is 0. The molecule has 0 saturated carbocycles. The summed E-state index contributed by atoms with van der Waals surface area (Å²) in [7, 11) is -3.30. The van der Waals surface area contributed by atoms with E-state index in [2.05, 4.69) is 6.58 Å². The van der Waals surface area contributed by atoms with E-state index < -0.39 is 9.84 Å². The molecule has 0 radical (unpaired) electrons. The lowest BCUT2D eigenvalue weighted by atomic mass is 10.4. The Labute approximate surface area is 109 Å². The third-order valence-corrected chi connectivity index (χ3v) is 4.26. The highest BCUT2D eigenvalue weighted by Crippen LogP contribution is 2.28. The molecule has 0 amide bonds. The second kappa shape index (κ2) is 5.77. The molecule has 0 N–H and O–H groups in total. The minimum atomic E-state index is -3.30. The molecule has 1 aromatic rings. The SMILES string of the molecule is C=CS(=O)(=O)C=CSc1ccc(Cl)c(Cl)c1. The predicted molar refractivity (Wildman–Crippen MR) is 70.6 cm³/mol. The topological polar surface area (TPSA) is 34.1 Å². The second-order valence-corrected chi connectivity index (χ2v) is 6.30. The third-order valence-electron chi connectivity index (χ3n) is 1.57. The molecule has 0 saturated heterocycles. The number of benzene rings is 1. The highest BCUT2D eigenvalue weighted by molar-refractivity contribution is 8.03. The minimum absolute atomic E-state index is 0.437. The highest BCUT2D eigenvalue weighted by atomic mass is 35.5. The Kier molecular flexibility index (Phi) is 4.92. The molecule has 1 rings (SSSR count). The van der Waals surface area contributed by atoms with Crippen molar-refractivity contribution < 1.29 is 8.42 Å². The molecule has 2 nitrogen and oxygen atoms in total. The monoisotopic (exact) mass is 294 g/mol. The van der Waals surface area contributed by atoms with E-state index >= 15 is 0 Å². The first-order valence-corrected chi connectivity index (χ1v) is 7.35. The van der Waals surface area contributed by atoms with Crippen LogP contribution in [0.5, 0.6) is 0 Å². The molecular formula is C10H8Cl2O2S2. The minimum Gasteiger partial charge on any atom is -0.220 e. The normalized spacial score (nSPS) is 11.9. The molecule has 0 aliphatic rings. The maximum Gasteiger partial charge on any atom is 0.192 e. The van der Waals surface area contributed by atoms with Crippen LogP contribution in [0.4, 0.5) is 0 Å². The van der Waals surface area contributed by atoms with Gasteiger partial charge in [-0.05, 0) is 23.6 Å². The van der Waals surface area contributed by atoms with E-state index in [0.717, 1.165) is 15.7 Å². The van der Waals surface area contributed by atoms with Gasteiger partial charge in [-0.3, -0.25) is 0 Å². The molecule has 0 aliphatic heterocycles. The Hall–Kier alpha value is -0.420. The second-order valence-electron chi connectivity index (χ2n) is 2.72. The Morgan fingerprint density at radius 2 is 1.94 bits per heavy atom. The molecule has 0 fully saturated rings. The summed E-state index contributed by atoms with van der Waals surface area (Å²) >= 11 is 12.8. The van der Waals surface area contributed by atoms with E-state index in [-0.39, 0.29) is 0 Å². The van der Waals surface area contributed by atoms with Crippen molar-refractivity contribution >= 4 is 44.8 Å². The highest BCUT2D eigenvalue weighted by Gasteiger charge is 2.00. The van der Waals surface area contributed by atoms with Gasteiger partial charge < -0.3 is 0 Å². The van der Waals surface area contributed by atoms with Crippen LogP contribution in [-0.4, -0.2) is 8.42 Å². The van der Waals surface area contributed by atoms with E-state index in [1.807, 2.05) is 0 Å². The average molecular weight is 295 g/mol. The first kappa shape index (κ1) is 13.6. The summed E-state index contributed by atoms with van der Waals surface area (Å²) in [4.78, 5) is 0.810. The van der Waals surface area contributed by atoms with E-state index in [4.69, 9.17) is 23.2 Å². The van der Waals surface area contributed by atoms with Crippen molar-refractivity contribution in [2.75, 3.05) is 0 Å². The Morgan fingerprint density at radius 3 is 2.50 bits per heavy atom. The van der Waals surface area contributed by atoms with E-state index in [0.29, 0.717) is 10.0 Å². The van der Waals surface area contributed by atoms with Crippen LogP contribution in [0.2, 0.25) is 10.0 Å². The van der Waals surface area contributed by atoms with Gasteiger partial charge in [0.2, 0.25) is 0 Å². The molecular weight excluding hydrogens is 287 g/mol. The molecule has 0 spiro atoms. The summed E-state index contributed by atoms with van der Waals surface area (Å²) in [6, 6.07) is 5.07. The van der Waals surface area contributed by atoms with Crippen molar-refractivity contribution in [3.63, 3.8) is 0 Å². The van der Waals surface area contributed by atoms with Crippen LogP contribution in [0.1, 0.15) is 0 Å². The summed E-state index contributed by atoms with van der Waals surface area (Å²) < 4.78 is 22.1. The van der Waals surface area contributed by atoms with Gasteiger partial charge in [0.1, 0.15) is 0 Å². The summed E-state index contributed by atoms with van der Waals surface area (Å²) in [6.07, 6.45) is 0. The lowest BCUT2D eigenvalue weighted by Crippen LogP contribution is -1.85. The quantitative estimate of drug-likeness (QED) is 0.784. The molecule has 0 bridgehead atoms. The average Bonchev–Trinajstić information content (AvgIpc) is 2.23. The first-order chi connectivity index (χ1) is 7.44. The summed E-state index contributed by atoms with van der Waals surface area (Å²) in [5, 5.41) is 4.32. The van der Waals surface area contributed by atoms with Gasteiger partial charge >= 0.3 is 0 Å². The van der Waals surface area contributed by atoms with Crippen molar-refractivity contribution in [2.45, 2.75) is 4.90 Å². The molecule has 0 heterocycles. The lowest BCUT2D eigenvalue weighted by Gasteiger charge is -1.98. The predicted octanol–water partition coefficient (Wildman–Crippen LogP) is 4.12. The molecule has 0 unspecified atom stereocenters. The fourth-order valence-electron chi connectivity index (χ4n) is 0.790. The third kappa shape index (κ3) is 4.22. The zero-order chi connectivity index (χ0) is 12.2. The van der Waals surface area contributed by atoms with Crippen molar-refractivity contribution in [3.05, 3.63) is 51.0 Å². The Balaban J connectivity index is 2.76. The summed E-state index contributed by atoms with van der Waals surface area (Å²) in [6.45, 7) is 3.20. The van der Waals surface area contributed by atoms with Crippen LogP contribution in [0, 0.1) is 0 Å². The lowest BCUT2D eigenvalue weighted by molar-refractivity contribution is 0.613. The largest absolute Gasteiger partial charge is 0.220 e. The van der Waals surface area contributed by atoms with Gasteiger partial charge in [-0.25, -0.2) is 8.42 Å². The zero-order valence-electron chi connectivity index (χ0n) is 8.06. The van der Waals surface area contributed by atoms with Gasteiger partial charge in [0.25, 0.3) is 0 Å². The first-order valence-electron chi connectivity index (χ1n) is 4.10. The van der Waals surface area contributed by atoms with Crippen LogP contribution in [0.25, 0.3) is 0 Å². The molecule has 0 aromatic heterocycles. The molecule has 1 aromatic carbocycles. The molecule has 16 heavy (non-hydrogen) atoms. The summed E-state index contributed by atoms with van der Waals surface area (Å²) in [5.41, 5.74) is 0. The summed E-state index contributed by atoms with van der Waals surface area (Å²) in [5.74, 6) is 0. The van der Waals surface area contributed by atoms with Gasteiger partial charge in [0.05, 0.1) is 10.0 Å². The van der Waals surface area contributed by atoms with Crippen LogP contribution >= 0.6 is 35.0 Å². The van der Waals surface area contributed by atoms with Crippen molar-refractivity contribution in [1.82, 2.24) is 0 Å². The van der Waals surface area contributed by atoms with Crippen molar-refractivity contribution in [3.8, 4) is 0 Å². The molecule has 6 heteroatoms. The number of hydrogen-bond acceptors (Lipinski definition) is 3. The van der Waals surface area contributed by atoms with E-state index in [1.165, 1.54) is 17.2 Å². The van der Waals surface area contributed by atoms with Gasteiger partial charge in [0, 0.05) is 15.7 Å².